The number of urea groups is 1. The number of sulfone groups is 1. The average molecular weight is 582 g/mol. The Bertz CT molecular complexity index is 1230. The molecule has 0 bridgehead atoms. The quantitative estimate of drug-likeness (QED) is 0.0384. The number of hydrogen-bond donors (Lipinski definition) is 3. The van der Waals surface area contributed by atoms with E-state index in [1.54, 1.807) is 0 Å². The molecule has 0 spiro atoms. The number of anilines is 2. The Morgan fingerprint density at radius 1 is 1.06 bits per heavy atom. The van der Waals surface area contributed by atoms with Crippen LogP contribution in [0, 0.1) is 0 Å². The Labute approximate surface area is 255 Å². The largest absolute Gasteiger partial charge is 1.00 e. The fraction of sp³-hybridized carbons (Fsp3) is 0.188. The molecule has 2 rings (SSSR count). The first-order valence-corrected chi connectivity index (χ1v) is 12.8. The minimum Gasteiger partial charge on any atom is -0.747 e. The van der Waals surface area contributed by atoms with E-state index in [4.69, 9.17) is 5.73 Å². The Kier molecular flexibility index (Phi) is 16.5. The Hall–Kier alpha value is -0.840. The van der Waals surface area contributed by atoms with Crippen LogP contribution in [0.25, 0.3) is 0 Å². The summed E-state index contributed by atoms with van der Waals surface area (Å²) >= 11 is 0.200. The Morgan fingerprint density at radius 3 is 2.31 bits per heavy atom. The normalized spacial score (nSPS) is 11.4. The molecule has 0 aliphatic rings. The monoisotopic (exact) mass is 581 g/mol. The van der Waals surface area contributed by atoms with Crippen LogP contribution in [0.5, 0.6) is 0 Å². The van der Waals surface area contributed by atoms with Crippen molar-refractivity contribution in [3.63, 3.8) is 0 Å². The molecule has 36 heavy (non-hydrogen) atoms. The molecule has 0 saturated carbocycles. The molecule has 15 nitrogen and oxygen atoms in total. The third kappa shape index (κ3) is 13.1. The number of hydrogen-bond acceptors (Lipinski definition) is 14. The zero-order valence-electron chi connectivity index (χ0n) is 18.9. The van der Waals surface area contributed by atoms with Crippen molar-refractivity contribution in [2.24, 2.45) is 16.0 Å². The van der Waals surface area contributed by atoms with E-state index in [-0.39, 0.29) is 111 Å². The molecule has 0 heterocycles. The van der Waals surface area contributed by atoms with E-state index in [1.807, 2.05) is 0 Å². The number of primary amides is 1. The van der Waals surface area contributed by atoms with Crippen LogP contribution in [-0.4, -0.2) is 45.7 Å². The molecule has 2 aromatic carbocycles. The molecule has 0 atom stereocenters. The molecule has 186 valence electrons. The van der Waals surface area contributed by atoms with Crippen molar-refractivity contribution in [2.45, 2.75) is 4.90 Å². The second kappa shape index (κ2) is 16.9. The van der Waals surface area contributed by atoms with Crippen molar-refractivity contribution in [1.82, 2.24) is 0 Å². The van der Waals surface area contributed by atoms with Crippen LogP contribution in [0.2, 0.25) is 0 Å². The molecule has 0 unspecified atom stereocenters. The van der Waals surface area contributed by atoms with E-state index in [0.29, 0.717) is 0 Å². The maximum Gasteiger partial charge on any atom is 1.00 e. The third-order valence-corrected chi connectivity index (χ3v) is 6.28. The molecule has 4 N–H and O–H groups in total. The second-order valence-corrected chi connectivity index (χ2v) is 10.2. The molecule has 0 radical (unpaired) electrons. The van der Waals surface area contributed by atoms with Crippen LogP contribution < -0.4 is 80.7 Å². The number of carbonyl (C=O) groups is 1. The number of azo groups is 1. The van der Waals surface area contributed by atoms with Crippen LogP contribution in [0.1, 0.15) is 0 Å². The second-order valence-electron chi connectivity index (χ2n) is 6.14. The van der Waals surface area contributed by atoms with E-state index >= 15 is 0 Å². The van der Waals surface area contributed by atoms with Crippen molar-refractivity contribution < 1.29 is 104 Å². The zero-order valence-corrected chi connectivity index (χ0v) is 25.4. The van der Waals surface area contributed by atoms with Gasteiger partial charge in [-0.15, -0.1) is 9.45 Å². The first-order valence-electron chi connectivity index (χ1n) is 8.87. The summed E-state index contributed by atoms with van der Waals surface area (Å²) in [6, 6.07) is 8.53. The number of rotatable bonds is 13. The standard InChI is InChI=1S/C16H19N5O10S3.2Na/c17-16(22)19-15-9-12(18-10-34(26,27)28)3-6-14(15)21-20-11-1-4-13(5-2-11)33(24,25)8-7-29-32-31-30-23;;/h1-6,9,18,23H,7-8,10H2,(H3,17,19,22)(H,26,27,28);;/q;2*+1/p-2. The van der Waals surface area contributed by atoms with E-state index in [2.05, 4.69) is 34.4 Å². The molecule has 20 heteroatoms. The van der Waals surface area contributed by atoms with Gasteiger partial charge in [-0.1, -0.05) is 0 Å². The predicted molar refractivity (Wildman–Crippen MR) is 116 cm³/mol. The van der Waals surface area contributed by atoms with E-state index in [9.17, 15) is 31.4 Å². The van der Waals surface area contributed by atoms with Crippen molar-refractivity contribution in [3.05, 3.63) is 42.5 Å². The third-order valence-electron chi connectivity index (χ3n) is 3.72. The summed E-state index contributed by atoms with van der Waals surface area (Å²) in [4.78, 5) is 11.2. The summed E-state index contributed by atoms with van der Waals surface area (Å²) < 4.78 is 65.3. The molecular formula is C16H17N5Na2O10S3. The van der Waals surface area contributed by atoms with Gasteiger partial charge < -0.3 is 26.2 Å². The summed E-state index contributed by atoms with van der Waals surface area (Å²) in [5.74, 6) is -1.26. The van der Waals surface area contributed by atoms with E-state index in [0.717, 1.165) is 0 Å². The fourth-order valence-corrected chi connectivity index (χ4v) is 4.05. The molecule has 0 aromatic heterocycles. The first-order chi connectivity index (χ1) is 16.0. The number of nitrogens with one attached hydrogen (secondary N) is 2. The van der Waals surface area contributed by atoms with Gasteiger partial charge in [0.05, 0.1) is 28.6 Å². The number of amides is 2. The van der Waals surface area contributed by atoms with Crippen molar-refractivity contribution in [2.75, 3.05) is 28.9 Å². The van der Waals surface area contributed by atoms with Crippen LogP contribution in [0.3, 0.4) is 0 Å². The minimum atomic E-state index is -4.53. The Morgan fingerprint density at radius 2 is 1.72 bits per heavy atom. The van der Waals surface area contributed by atoms with Crippen LogP contribution >= 0.6 is 12.3 Å². The van der Waals surface area contributed by atoms with Gasteiger partial charge in [0.25, 0.3) is 0 Å². The van der Waals surface area contributed by atoms with Crippen molar-refractivity contribution in [3.8, 4) is 0 Å². The van der Waals surface area contributed by atoms with Gasteiger partial charge >= 0.3 is 65.1 Å². The number of benzene rings is 2. The molecule has 2 aromatic rings. The summed E-state index contributed by atoms with van der Waals surface area (Å²) in [5.41, 5.74) is 5.82. The van der Waals surface area contributed by atoms with Crippen molar-refractivity contribution in [1.29, 1.82) is 0 Å². The maximum atomic E-state index is 12.3. The molecule has 0 saturated heterocycles. The Balaban J connectivity index is 0.00000612. The van der Waals surface area contributed by atoms with Gasteiger partial charge in [-0.05, 0) is 42.5 Å². The minimum absolute atomic E-state index is 0. The van der Waals surface area contributed by atoms with Crippen molar-refractivity contribution >= 4 is 61.1 Å². The molecule has 2 amide bonds. The van der Waals surface area contributed by atoms with Gasteiger partial charge in [-0.3, -0.25) is 9.22 Å². The number of nitrogens with zero attached hydrogens (tertiary/aromatic N) is 2. The SMILES string of the molecule is NC(=O)Nc1cc(NCS(=O)(=O)[O-])ccc1N=Nc1ccc(S(=O)(=O)CCOSOO[O-])cc1.[Na+].[Na+]. The number of carbonyl (C=O) groups excluding carboxylic acids is 1. The van der Waals surface area contributed by atoms with E-state index < -0.39 is 31.9 Å². The van der Waals surface area contributed by atoms with Gasteiger partial charge in [0, 0.05) is 5.69 Å². The molecular weight excluding hydrogens is 564 g/mol. The molecule has 0 fully saturated rings. The molecule has 0 aliphatic carbocycles. The summed E-state index contributed by atoms with van der Waals surface area (Å²) in [6.07, 6.45) is 0. The van der Waals surface area contributed by atoms with Gasteiger partial charge in [0.1, 0.15) is 21.7 Å². The number of nitrogens with two attached hydrogens (primary N) is 1. The maximum absolute atomic E-state index is 12.3. The summed E-state index contributed by atoms with van der Waals surface area (Å²) in [7, 11) is -8.22. The average Bonchev–Trinajstić information content (AvgIpc) is 2.76. The fourth-order valence-electron chi connectivity index (χ4n) is 2.30. The smallest absolute Gasteiger partial charge is 0.747 e. The molecule has 0 aliphatic heterocycles. The van der Waals surface area contributed by atoms with Gasteiger partial charge in [0.2, 0.25) is 0 Å². The first kappa shape index (κ1) is 35.2. The van der Waals surface area contributed by atoms with Crippen LogP contribution in [0.4, 0.5) is 27.5 Å². The van der Waals surface area contributed by atoms with Gasteiger partial charge in [0.15, 0.2) is 22.2 Å². The zero-order chi connectivity index (χ0) is 25.2. The summed E-state index contributed by atoms with van der Waals surface area (Å²) in [6.45, 7) is -0.265. The summed E-state index contributed by atoms with van der Waals surface area (Å²) in [5, 5.41) is 25.3. The van der Waals surface area contributed by atoms with Gasteiger partial charge in [-0.2, -0.15) is 5.11 Å². The predicted octanol–water partition coefficient (Wildman–Crippen LogP) is -4.91. The topological polar surface area (TPSA) is 234 Å². The van der Waals surface area contributed by atoms with E-state index in [1.165, 1.54) is 42.5 Å². The van der Waals surface area contributed by atoms with Crippen LogP contribution in [0.15, 0.2) is 57.6 Å². The van der Waals surface area contributed by atoms with Crippen LogP contribution in [-0.2, 0) is 33.5 Å². The van der Waals surface area contributed by atoms with Gasteiger partial charge in [-0.25, -0.2) is 21.6 Å².